The standard InChI is InChI=1S/C17H16N2O3/c1-11-9-12(17(20)21-2)7-8-13(11)18-10-16-19-14-5-3-4-6-15(14)22-16/h3-9,18H,10H2,1-2H3. The van der Waals surface area contributed by atoms with Crippen LogP contribution in [-0.2, 0) is 11.3 Å². The van der Waals surface area contributed by atoms with Crippen LogP contribution in [0.3, 0.4) is 0 Å². The van der Waals surface area contributed by atoms with E-state index in [1.165, 1.54) is 7.11 Å². The van der Waals surface area contributed by atoms with Crippen molar-refractivity contribution in [1.29, 1.82) is 0 Å². The van der Waals surface area contributed by atoms with E-state index in [9.17, 15) is 4.79 Å². The average molecular weight is 296 g/mol. The van der Waals surface area contributed by atoms with Crippen molar-refractivity contribution in [2.75, 3.05) is 12.4 Å². The van der Waals surface area contributed by atoms with Gasteiger partial charge in [-0.25, -0.2) is 9.78 Å². The first-order valence-corrected chi connectivity index (χ1v) is 6.94. The quantitative estimate of drug-likeness (QED) is 0.746. The van der Waals surface area contributed by atoms with Gasteiger partial charge in [-0.3, -0.25) is 0 Å². The number of nitrogens with zero attached hydrogens (tertiary/aromatic N) is 1. The molecule has 112 valence electrons. The molecule has 0 saturated carbocycles. The number of aromatic nitrogens is 1. The number of para-hydroxylation sites is 2. The maximum Gasteiger partial charge on any atom is 0.337 e. The van der Waals surface area contributed by atoms with Crippen LogP contribution in [0, 0.1) is 6.92 Å². The van der Waals surface area contributed by atoms with Crippen molar-refractivity contribution < 1.29 is 13.9 Å². The van der Waals surface area contributed by atoms with E-state index in [0.717, 1.165) is 22.4 Å². The average Bonchev–Trinajstić information content (AvgIpc) is 2.95. The van der Waals surface area contributed by atoms with E-state index in [2.05, 4.69) is 10.3 Å². The van der Waals surface area contributed by atoms with Gasteiger partial charge in [0.1, 0.15) is 5.52 Å². The van der Waals surface area contributed by atoms with Crippen molar-refractivity contribution in [2.24, 2.45) is 0 Å². The summed E-state index contributed by atoms with van der Waals surface area (Å²) in [5, 5.41) is 3.27. The second kappa shape index (κ2) is 5.89. The first-order valence-electron chi connectivity index (χ1n) is 6.94. The van der Waals surface area contributed by atoms with Crippen LogP contribution in [0.4, 0.5) is 5.69 Å². The zero-order valence-corrected chi connectivity index (χ0v) is 12.4. The van der Waals surface area contributed by atoms with Crippen molar-refractivity contribution in [1.82, 2.24) is 4.98 Å². The molecule has 0 bridgehead atoms. The van der Waals surface area contributed by atoms with Gasteiger partial charge in [0.2, 0.25) is 5.89 Å². The number of oxazole rings is 1. The molecule has 1 N–H and O–H groups in total. The molecule has 0 fully saturated rings. The Kier molecular flexibility index (Phi) is 3.78. The molecule has 0 aliphatic carbocycles. The highest BCUT2D eigenvalue weighted by atomic mass is 16.5. The third-order valence-corrected chi connectivity index (χ3v) is 3.42. The number of carbonyl (C=O) groups is 1. The van der Waals surface area contributed by atoms with E-state index in [4.69, 9.17) is 9.15 Å². The number of hydrogen-bond acceptors (Lipinski definition) is 5. The van der Waals surface area contributed by atoms with Crippen molar-refractivity contribution in [3.05, 3.63) is 59.5 Å². The number of benzene rings is 2. The molecule has 0 saturated heterocycles. The Balaban J connectivity index is 1.74. The Bertz CT molecular complexity index is 791. The Hall–Kier alpha value is -2.82. The van der Waals surface area contributed by atoms with Gasteiger partial charge in [0.25, 0.3) is 0 Å². The van der Waals surface area contributed by atoms with Crippen LogP contribution >= 0.6 is 0 Å². The van der Waals surface area contributed by atoms with Crippen LogP contribution in [0.25, 0.3) is 11.1 Å². The fourth-order valence-corrected chi connectivity index (χ4v) is 2.27. The smallest absolute Gasteiger partial charge is 0.337 e. The third-order valence-electron chi connectivity index (χ3n) is 3.42. The summed E-state index contributed by atoms with van der Waals surface area (Å²) < 4.78 is 10.4. The minimum Gasteiger partial charge on any atom is -0.465 e. The maximum absolute atomic E-state index is 11.5. The number of rotatable bonds is 4. The molecule has 0 atom stereocenters. The number of anilines is 1. The van der Waals surface area contributed by atoms with Crippen LogP contribution in [-0.4, -0.2) is 18.1 Å². The molecule has 0 aliphatic rings. The number of carbonyl (C=O) groups excluding carboxylic acids is 1. The van der Waals surface area contributed by atoms with E-state index < -0.39 is 0 Å². The van der Waals surface area contributed by atoms with Gasteiger partial charge in [-0.2, -0.15) is 0 Å². The normalized spacial score (nSPS) is 10.6. The molecule has 3 aromatic rings. The number of hydrogen-bond donors (Lipinski definition) is 1. The predicted molar refractivity (Wildman–Crippen MR) is 83.9 cm³/mol. The maximum atomic E-state index is 11.5. The topological polar surface area (TPSA) is 64.4 Å². The summed E-state index contributed by atoms with van der Waals surface area (Å²) >= 11 is 0. The second-order valence-corrected chi connectivity index (χ2v) is 4.95. The lowest BCUT2D eigenvalue weighted by Gasteiger charge is -2.09. The van der Waals surface area contributed by atoms with Crippen LogP contribution in [0.1, 0.15) is 21.8 Å². The first kappa shape index (κ1) is 14.1. The molecular formula is C17H16N2O3. The second-order valence-electron chi connectivity index (χ2n) is 4.95. The fraction of sp³-hybridized carbons (Fsp3) is 0.176. The molecule has 0 radical (unpaired) electrons. The number of methoxy groups -OCH3 is 1. The summed E-state index contributed by atoms with van der Waals surface area (Å²) in [6, 6.07) is 13.0. The highest BCUT2D eigenvalue weighted by molar-refractivity contribution is 5.90. The summed E-state index contributed by atoms with van der Waals surface area (Å²) in [7, 11) is 1.37. The predicted octanol–water partition coefficient (Wildman–Crippen LogP) is 3.53. The number of ether oxygens (including phenoxy) is 1. The molecule has 0 spiro atoms. The number of nitrogens with one attached hydrogen (secondary N) is 1. The molecule has 5 heteroatoms. The molecule has 1 heterocycles. The van der Waals surface area contributed by atoms with Gasteiger partial charge < -0.3 is 14.5 Å². The van der Waals surface area contributed by atoms with Gasteiger partial charge in [-0.1, -0.05) is 12.1 Å². The largest absolute Gasteiger partial charge is 0.465 e. The lowest BCUT2D eigenvalue weighted by Crippen LogP contribution is -2.05. The Labute approximate surface area is 127 Å². The van der Waals surface area contributed by atoms with E-state index in [0.29, 0.717) is 18.0 Å². The molecule has 0 amide bonds. The monoisotopic (exact) mass is 296 g/mol. The van der Waals surface area contributed by atoms with Gasteiger partial charge in [-0.15, -0.1) is 0 Å². The molecule has 1 aromatic heterocycles. The summed E-state index contributed by atoms with van der Waals surface area (Å²) in [5.41, 5.74) is 4.04. The van der Waals surface area contributed by atoms with Crippen molar-refractivity contribution in [3.63, 3.8) is 0 Å². The van der Waals surface area contributed by atoms with Crippen LogP contribution in [0.15, 0.2) is 46.9 Å². The highest BCUT2D eigenvalue weighted by Gasteiger charge is 2.09. The van der Waals surface area contributed by atoms with E-state index in [1.807, 2.05) is 37.3 Å². The number of fused-ring (bicyclic) bond motifs is 1. The molecule has 3 rings (SSSR count). The molecule has 5 nitrogen and oxygen atoms in total. The Morgan fingerprint density at radius 1 is 1.27 bits per heavy atom. The van der Waals surface area contributed by atoms with Crippen molar-refractivity contribution in [3.8, 4) is 0 Å². The van der Waals surface area contributed by atoms with E-state index in [1.54, 1.807) is 12.1 Å². The van der Waals surface area contributed by atoms with Gasteiger partial charge in [0, 0.05) is 5.69 Å². The zero-order chi connectivity index (χ0) is 15.5. The lowest BCUT2D eigenvalue weighted by molar-refractivity contribution is 0.0600. The number of aryl methyl sites for hydroxylation is 1. The third kappa shape index (κ3) is 2.79. The molecular weight excluding hydrogens is 280 g/mol. The SMILES string of the molecule is COC(=O)c1ccc(NCc2nc3ccccc3o2)c(C)c1. The van der Waals surface area contributed by atoms with Crippen LogP contribution in [0.5, 0.6) is 0 Å². The lowest BCUT2D eigenvalue weighted by atomic mass is 10.1. The molecule has 0 unspecified atom stereocenters. The summed E-state index contributed by atoms with van der Waals surface area (Å²) in [6.07, 6.45) is 0. The van der Waals surface area contributed by atoms with Gasteiger partial charge in [0.05, 0.1) is 19.2 Å². The Morgan fingerprint density at radius 2 is 2.09 bits per heavy atom. The molecule has 22 heavy (non-hydrogen) atoms. The highest BCUT2D eigenvalue weighted by Crippen LogP contribution is 2.19. The van der Waals surface area contributed by atoms with Gasteiger partial charge in [0.15, 0.2) is 5.58 Å². The first-order chi connectivity index (χ1) is 10.7. The van der Waals surface area contributed by atoms with E-state index >= 15 is 0 Å². The van der Waals surface area contributed by atoms with Crippen LogP contribution < -0.4 is 5.32 Å². The van der Waals surface area contributed by atoms with Crippen LogP contribution in [0.2, 0.25) is 0 Å². The number of esters is 1. The van der Waals surface area contributed by atoms with E-state index in [-0.39, 0.29) is 5.97 Å². The summed E-state index contributed by atoms with van der Waals surface area (Å²) in [4.78, 5) is 15.9. The summed E-state index contributed by atoms with van der Waals surface area (Å²) in [5.74, 6) is 0.284. The molecule has 2 aromatic carbocycles. The zero-order valence-electron chi connectivity index (χ0n) is 12.4. The van der Waals surface area contributed by atoms with Crippen molar-refractivity contribution >= 4 is 22.8 Å². The minimum absolute atomic E-state index is 0.339. The Morgan fingerprint density at radius 3 is 2.82 bits per heavy atom. The minimum atomic E-state index is -0.339. The fourth-order valence-electron chi connectivity index (χ4n) is 2.27. The van der Waals surface area contributed by atoms with Crippen molar-refractivity contribution in [2.45, 2.75) is 13.5 Å². The van der Waals surface area contributed by atoms with Gasteiger partial charge in [-0.05, 0) is 42.8 Å². The summed E-state index contributed by atoms with van der Waals surface area (Å²) in [6.45, 7) is 2.41. The molecule has 0 aliphatic heterocycles. The van der Waals surface area contributed by atoms with Gasteiger partial charge >= 0.3 is 5.97 Å².